The highest BCUT2D eigenvalue weighted by molar-refractivity contribution is 8.18. The highest BCUT2D eigenvalue weighted by Crippen LogP contribution is 2.39. The van der Waals surface area contributed by atoms with Gasteiger partial charge in [-0.1, -0.05) is 36.7 Å². The molecule has 7 heteroatoms. The first-order valence-corrected chi connectivity index (χ1v) is 10.5. The number of hydrogen-bond donors (Lipinski definition) is 1. The maximum Gasteiger partial charge on any atom is 0.264 e. The molecule has 29 heavy (non-hydrogen) atoms. The summed E-state index contributed by atoms with van der Waals surface area (Å²) in [5.41, 5.74) is 2.62. The van der Waals surface area contributed by atoms with E-state index in [1.54, 1.807) is 25.3 Å². The number of aliphatic imine (C=N–C) groups is 1. The molecule has 0 bridgehead atoms. The van der Waals surface area contributed by atoms with Gasteiger partial charge in [-0.3, -0.25) is 4.79 Å². The zero-order valence-corrected chi connectivity index (χ0v) is 18.4. The molecule has 0 aromatic heterocycles. The molecule has 1 saturated heterocycles. The lowest BCUT2D eigenvalue weighted by Gasteiger charge is -2.17. The molecule has 1 heterocycles. The maximum atomic E-state index is 12.4. The van der Waals surface area contributed by atoms with Crippen LogP contribution in [0.25, 0.3) is 6.08 Å². The fourth-order valence-corrected chi connectivity index (χ4v) is 3.75. The van der Waals surface area contributed by atoms with Crippen molar-refractivity contribution in [2.45, 2.75) is 33.3 Å². The van der Waals surface area contributed by atoms with Crippen molar-refractivity contribution in [1.29, 1.82) is 0 Å². The largest absolute Gasteiger partial charge is 0.493 e. The van der Waals surface area contributed by atoms with E-state index in [9.17, 15) is 4.79 Å². The van der Waals surface area contributed by atoms with Crippen molar-refractivity contribution < 1.29 is 14.3 Å². The van der Waals surface area contributed by atoms with Gasteiger partial charge >= 0.3 is 0 Å². The van der Waals surface area contributed by atoms with E-state index in [4.69, 9.17) is 21.1 Å². The molecule has 0 aliphatic carbocycles. The maximum absolute atomic E-state index is 12.4. The Kier molecular flexibility index (Phi) is 6.87. The number of nitrogens with one attached hydrogen (secondary N) is 1. The Bertz CT molecular complexity index is 988. The Morgan fingerprint density at radius 1 is 1.31 bits per heavy atom. The number of amides is 1. The number of benzene rings is 2. The van der Waals surface area contributed by atoms with E-state index in [2.05, 4.69) is 10.3 Å². The average molecular weight is 431 g/mol. The smallest absolute Gasteiger partial charge is 0.264 e. The van der Waals surface area contributed by atoms with Crippen LogP contribution >= 0.6 is 23.4 Å². The van der Waals surface area contributed by atoms with Gasteiger partial charge in [0.25, 0.3) is 5.91 Å². The molecule has 0 radical (unpaired) electrons. The van der Waals surface area contributed by atoms with E-state index in [0.717, 1.165) is 23.2 Å². The first-order valence-electron chi connectivity index (χ1n) is 9.30. The van der Waals surface area contributed by atoms with Crippen molar-refractivity contribution >= 4 is 46.2 Å². The number of halogens is 1. The summed E-state index contributed by atoms with van der Waals surface area (Å²) in [5.74, 6) is 0.843. The summed E-state index contributed by atoms with van der Waals surface area (Å²) >= 11 is 7.71. The number of carbonyl (C=O) groups excluding carboxylic acids is 1. The predicted octanol–water partition coefficient (Wildman–Crippen LogP) is 5.73. The second-order valence-corrected chi connectivity index (χ2v) is 8.08. The average Bonchev–Trinajstić information content (AvgIpc) is 3.04. The highest BCUT2D eigenvalue weighted by Gasteiger charge is 2.24. The van der Waals surface area contributed by atoms with E-state index in [1.807, 2.05) is 45.0 Å². The lowest BCUT2D eigenvalue weighted by Crippen LogP contribution is -2.19. The summed E-state index contributed by atoms with van der Waals surface area (Å²) in [4.78, 5) is 17.5. The van der Waals surface area contributed by atoms with Crippen molar-refractivity contribution in [3.8, 4) is 11.5 Å². The molecular weight excluding hydrogens is 408 g/mol. The summed E-state index contributed by atoms with van der Waals surface area (Å²) in [6.45, 7) is 5.99. The molecule has 3 rings (SSSR count). The van der Waals surface area contributed by atoms with Crippen LogP contribution in [0, 0.1) is 6.92 Å². The lowest BCUT2D eigenvalue weighted by atomic mass is 10.1. The van der Waals surface area contributed by atoms with Gasteiger partial charge in [-0.25, -0.2) is 4.99 Å². The number of aryl methyl sites for hydroxylation is 1. The molecule has 5 nitrogen and oxygen atoms in total. The molecule has 0 spiro atoms. The summed E-state index contributed by atoms with van der Waals surface area (Å²) in [6, 6.07) is 11.3. The molecule has 1 aliphatic rings. The molecule has 1 atom stereocenters. The van der Waals surface area contributed by atoms with Gasteiger partial charge in [0.05, 0.1) is 28.8 Å². The van der Waals surface area contributed by atoms with E-state index >= 15 is 0 Å². The zero-order valence-electron chi connectivity index (χ0n) is 16.8. The van der Waals surface area contributed by atoms with Gasteiger partial charge < -0.3 is 14.8 Å². The minimum atomic E-state index is -0.197. The van der Waals surface area contributed by atoms with Gasteiger partial charge in [-0.05, 0) is 67.4 Å². The number of ether oxygens (including phenoxy) is 2. The van der Waals surface area contributed by atoms with Gasteiger partial charge in [-0.15, -0.1) is 0 Å². The Morgan fingerprint density at radius 3 is 2.76 bits per heavy atom. The standard InChI is InChI=1S/C22H23ClN2O3S/c1-5-14(3)28-20-16(23)10-15(11-18(20)27-4)12-19-21(26)25-22(29-19)24-17-9-7-6-8-13(17)2/h6-12,14H,5H2,1-4H3,(H,24,25,26)/b19-12-/t14-/m1/s1. The Labute approximate surface area is 180 Å². The number of carbonyl (C=O) groups is 1. The Hall–Kier alpha value is -2.44. The Balaban J connectivity index is 1.87. The van der Waals surface area contributed by atoms with E-state index in [0.29, 0.717) is 26.6 Å². The number of methoxy groups -OCH3 is 1. The molecule has 1 fully saturated rings. The molecule has 1 amide bonds. The van der Waals surface area contributed by atoms with E-state index < -0.39 is 0 Å². The number of hydrogen-bond acceptors (Lipinski definition) is 5. The number of thioether (sulfide) groups is 1. The number of para-hydroxylation sites is 1. The monoisotopic (exact) mass is 430 g/mol. The second-order valence-electron chi connectivity index (χ2n) is 6.64. The first kappa shape index (κ1) is 21.3. The van der Waals surface area contributed by atoms with Crippen molar-refractivity contribution in [2.75, 3.05) is 7.11 Å². The van der Waals surface area contributed by atoms with Crippen LogP contribution in [0.3, 0.4) is 0 Å². The molecule has 1 aliphatic heterocycles. The second kappa shape index (κ2) is 9.37. The van der Waals surface area contributed by atoms with Gasteiger partial charge in [0.1, 0.15) is 0 Å². The third-order valence-corrected chi connectivity index (χ3v) is 5.62. The fraction of sp³-hybridized carbons (Fsp3) is 0.273. The van der Waals surface area contributed by atoms with Crippen molar-refractivity contribution in [1.82, 2.24) is 5.32 Å². The normalized spacial score (nSPS) is 17.5. The van der Waals surface area contributed by atoms with Crippen LogP contribution in [0.5, 0.6) is 11.5 Å². The number of nitrogens with zero attached hydrogens (tertiary/aromatic N) is 1. The van der Waals surface area contributed by atoms with Crippen molar-refractivity contribution in [3.63, 3.8) is 0 Å². The highest BCUT2D eigenvalue weighted by atomic mass is 35.5. The fourth-order valence-electron chi connectivity index (χ4n) is 2.65. The minimum absolute atomic E-state index is 0.0157. The van der Waals surface area contributed by atoms with Crippen LogP contribution in [0.2, 0.25) is 5.02 Å². The molecule has 2 aromatic carbocycles. The third-order valence-electron chi connectivity index (χ3n) is 4.43. The van der Waals surface area contributed by atoms with Crippen molar-refractivity contribution in [3.05, 3.63) is 57.5 Å². The lowest BCUT2D eigenvalue weighted by molar-refractivity contribution is -0.115. The summed E-state index contributed by atoms with van der Waals surface area (Å²) < 4.78 is 11.3. The molecule has 1 N–H and O–H groups in total. The summed E-state index contributed by atoms with van der Waals surface area (Å²) in [6.07, 6.45) is 2.63. The Morgan fingerprint density at radius 2 is 2.07 bits per heavy atom. The minimum Gasteiger partial charge on any atom is -0.493 e. The van der Waals surface area contributed by atoms with Crippen LogP contribution in [-0.4, -0.2) is 24.3 Å². The van der Waals surface area contributed by atoms with Crippen LogP contribution < -0.4 is 14.8 Å². The van der Waals surface area contributed by atoms with E-state index in [1.165, 1.54) is 11.8 Å². The number of rotatable bonds is 6. The van der Waals surface area contributed by atoms with Crippen LogP contribution in [0.4, 0.5) is 5.69 Å². The molecule has 0 unspecified atom stereocenters. The first-order chi connectivity index (χ1) is 13.9. The predicted molar refractivity (Wildman–Crippen MR) is 120 cm³/mol. The molecule has 2 aromatic rings. The quantitative estimate of drug-likeness (QED) is 0.595. The van der Waals surface area contributed by atoms with Crippen molar-refractivity contribution in [2.24, 2.45) is 4.99 Å². The summed E-state index contributed by atoms with van der Waals surface area (Å²) in [7, 11) is 1.57. The van der Waals surface area contributed by atoms with Gasteiger partial charge in [0.15, 0.2) is 16.7 Å². The molecular formula is C22H23ClN2O3S. The molecule has 0 saturated carbocycles. The van der Waals surface area contributed by atoms with Gasteiger partial charge in [-0.2, -0.15) is 0 Å². The molecule has 152 valence electrons. The van der Waals surface area contributed by atoms with Crippen LogP contribution in [0.1, 0.15) is 31.4 Å². The van der Waals surface area contributed by atoms with Gasteiger partial charge in [0.2, 0.25) is 0 Å². The van der Waals surface area contributed by atoms with Gasteiger partial charge in [0, 0.05) is 0 Å². The SMILES string of the molecule is CC[C@@H](C)Oc1c(Cl)cc(/C=C2\SC(=Nc3ccccc3C)NC2=O)cc1OC. The number of amidine groups is 1. The summed E-state index contributed by atoms with van der Waals surface area (Å²) in [5, 5.41) is 3.79. The van der Waals surface area contributed by atoms with Crippen LogP contribution in [-0.2, 0) is 4.79 Å². The topological polar surface area (TPSA) is 59.9 Å². The van der Waals surface area contributed by atoms with E-state index in [-0.39, 0.29) is 12.0 Å². The zero-order chi connectivity index (χ0) is 21.0. The third kappa shape index (κ3) is 5.14. The van der Waals surface area contributed by atoms with Crippen LogP contribution in [0.15, 0.2) is 46.3 Å².